The zero-order valence-electron chi connectivity index (χ0n) is 15.8. The summed E-state index contributed by atoms with van der Waals surface area (Å²) in [6.07, 6.45) is 1.76. The number of H-pyrrole nitrogens is 1. The summed E-state index contributed by atoms with van der Waals surface area (Å²) in [6, 6.07) is 0. The van der Waals surface area contributed by atoms with Gasteiger partial charge in [-0.3, -0.25) is 14.3 Å². The fourth-order valence-corrected chi connectivity index (χ4v) is 3.55. The zero-order chi connectivity index (χ0) is 19.0. The molecule has 1 aliphatic heterocycles. The van der Waals surface area contributed by atoms with Crippen LogP contribution in [0.15, 0.2) is 15.8 Å². The molecule has 3 atom stereocenters. The fraction of sp³-hybridized carbons (Fsp3) is 0.706. The number of hydrogen-bond acceptors (Lipinski definition) is 5. The Balaban J connectivity index is 2.16. The molecular weight excluding hydrogens is 340 g/mol. The highest BCUT2D eigenvalue weighted by Crippen LogP contribution is 2.38. The molecule has 0 amide bonds. The summed E-state index contributed by atoms with van der Waals surface area (Å²) >= 11 is 0. The van der Waals surface area contributed by atoms with E-state index in [4.69, 9.17) is 9.16 Å². The van der Waals surface area contributed by atoms with Crippen LogP contribution in [0.3, 0.4) is 0 Å². The third-order valence-electron chi connectivity index (χ3n) is 5.33. The van der Waals surface area contributed by atoms with Crippen LogP contribution in [0.5, 0.6) is 0 Å². The number of aryl methyl sites for hydroxylation is 1. The zero-order valence-corrected chi connectivity index (χ0v) is 16.8. The van der Waals surface area contributed by atoms with Gasteiger partial charge in [0.05, 0.1) is 12.7 Å². The largest absolute Gasteiger partial charge is 0.414 e. The number of ether oxygens (including phenoxy) is 1. The molecule has 0 bridgehead atoms. The van der Waals surface area contributed by atoms with Crippen LogP contribution >= 0.6 is 0 Å². The van der Waals surface area contributed by atoms with Crippen molar-refractivity contribution in [3.05, 3.63) is 32.6 Å². The lowest BCUT2D eigenvalue weighted by atomic mass is 10.0. The van der Waals surface area contributed by atoms with Gasteiger partial charge in [0, 0.05) is 24.1 Å². The standard InChI is InChI=1S/C17H28N2O5Si/c1-11-8-19(16(22)18-15(11)21)14-7-12(9-20)13(24-14)10-23-25(5,6)17(2,3)4/h8-9,12-14H,7,10H2,1-6H3,(H,18,21,22)/t12-,13-,14-/m1/s1. The van der Waals surface area contributed by atoms with Crippen LogP contribution in [0.25, 0.3) is 0 Å². The number of aldehydes is 1. The molecule has 0 aliphatic carbocycles. The van der Waals surface area contributed by atoms with Gasteiger partial charge in [-0.15, -0.1) is 0 Å². The molecule has 1 aromatic heterocycles. The maximum Gasteiger partial charge on any atom is 0.330 e. The van der Waals surface area contributed by atoms with Gasteiger partial charge in [-0.1, -0.05) is 20.8 Å². The lowest BCUT2D eigenvalue weighted by Gasteiger charge is -2.37. The van der Waals surface area contributed by atoms with Crippen LogP contribution in [0.4, 0.5) is 0 Å². The molecule has 1 saturated heterocycles. The predicted molar refractivity (Wildman–Crippen MR) is 97.3 cm³/mol. The van der Waals surface area contributed by atoms with E-state index >= 15 is 0 Å². The van der Waals surface area contributed by atoms with E-state index in [0.717, 1.165) is 6.29 Å². The molecule has 0 spiro atoms. The van der Waals surface area contributed by atoms with Gasteiger partial charge in [0.15, 0.2) is 8.32 Å². The van der Waals surface area contributed by atoms with Crippen LogP contribution in [0.1, 0.15) is 39.0 Å². The smallest absolute Gasteiger partial charge is 0.330 e. The van der Waals surface area contributed by atoms with Crippen LogP contribution in [-0.4, -0.2) is 36.9 Å². The van der Waals surface area contributed by atoms with Gasteiger partial charge in [0.25, 0.3) is 5.56 Å². The maximum absolute atomic E-state index is 12.0. The first-order chi connectivity index (χ1) is 11.5. The van der Waals surface area contributed by atoms with E-state index in [1.165, 1.54) is 10.8 Å². The Bertz CT molecular complexity index is 747. The van der Waals surface area contributed by atoms with Gasteiger partial charge in [0.1, 0.15) is 12.5 Å². The number of nitrogens with one attached hydrogen (secondary N) is 1. The lowest BCUT2D eigenvalue weighted by molar-refractivity contribution is -0.113. The Morgan fingerprint density at radius 3 is 2.60 bits per heavy atom. The summed E-state index contributed by atoms with van der Waals surface area (Å²) in [5.74, 6) is -0.339. The molecule has 0 radical (unpaired) electrons. The third kappa shape index (κ3) is 4.19. The number of rotatable bonds is 5. The van der Waals surface area contributed by atoms with Gasteiger partial charge in [-0.25, -0.2) is 4.79 Å². The normalized spacial score (nSPS) is 24.5. The van der Waals surface area contributed by atoms with E-state index in [2.05, 4.69) is 38.8 Å². The molecular formula is C17H28N2O5Si. The van der Waals surface area contributed by atoms with E-state index in [-0.39, 0.29) is 11.0 Å². The molecule has 1 aromatic rings. The molecule has 1 N–H and O–H groups in total. The van der Waals surface area contributed by atoms with Crippen molar-refractivity contribution in [3.63, 3.8) is 0 Å². The number of aromatic amines is 1. The van der Waals surface area contributed by atoms with Gasteiger partial charge in [0.2, 0.25) is 0 Å². The average molecular weight is 369 g/mol. The van der Waals surface area contributed by atoms with Crippen LogP contribution in [0.2, 0.25) is 18.1 Å². The van der Waals surface area contributed by atoms with Crippen molar-refractivity contribution in [2.45, 2.75) is 64.6 Å². The summed E-state index contributed by atoms with van der Waals surface area (Å²) in [5, 5.41) is 0.0641. The highest BCUT2D eigenvalue weighted by atomic mass is 28.4. The summed E-state index contributed by atoms with van der Waals surface area (Å²) in [7, 11) is -1.96. The second kappa shape index (κ2) is 7.01. The lowest BCUT2D eigenvalue weighted by Crippen LogP contribution is -2.43. The van der Waals surface area contributed by atoms with E-state index in [0.29, 0.717) is 18.6 Å². The average Bonchev–Trinajstić information content (AvgIpc) is 2.91. The first kappa shape index (κ1) is 19.8. The second-order valence-electron chi connectivity index (χ2n) is 8.21. The van der Waals surface area contributed by atoms with E-state index in [1.807, 2.05) is 0 Å². The topological polar surface area (TPSA) is 90.4 Å². The van der Waals surface area contributed by atoms with E-state index in [9.17, 15) is 14.4 Å². The van der Waals surface area contributed by atoms with Crippen molar-refractivity contribution in [1.29, 1.82) is 0 Å². The van der Waals surface area contributed by atoms with Crippen molar-refractivity contribution in [1.82, 2.24) is 9.55 Å². The first-order valence-corrected chi connectivity index (χ1v) is 11.4. The quantitative estimate of drug-likeness (QED) is 0.634. The second-order valence-corrected chi connectivity index (χ2v) is 13.0. The molecule has 1 aliphatic rings. The Hall–Kier alpha value is -1.51. The monoisotopic (exact) mass is 368 g/mol. The number of carbonyl (C=O) groups excluding carboxylic acids is 1. The minimum Gasteiger partial charge on any atom is -0.414 e. The van der Waals surface area contributed by atoms with Crippen molar-refractivity contribution in [2.24, 2.45) is 5.92 Å². The summed E-state index contributed by atoms with van der Waals surface area (Å²) < 4.78 is 13.5. The molecule has 8 heteroatoms. The number of hydrogen-bond donors (Lipinski definition) is 1. The SMILES string of the molecule is Cc1cn([C@H]2C[C@H](C=O)[C@@H](CO[Si](C)(C)C(C)(C)C)O2)c(=O)[nH]c1=O. The maximum atomic E-state index is 12.0. The minimum absolute atomic E-state index is 0.0641. The van der Waals surface area contributed by atoms with Gasteiger partial charge < -0.3 is 14.0 Å². The number of nitrogens with zero attached hydrogens (tertiary/aromatic N) is 1. The molecule has 7 nitrogen and oxygen atoms in total. The van der Waals surface area contributed by atoms with Crippen molar-refractivity contribution in [3.8, 4) is 0 Å². The third-order valence-corrected chi connectivity index (χ3v) is 9.83. The highest BCUT2D eigenvalue weighted by Gasteiger charge is 2.41. The molecule has 1 fully saturated rings. The number of carbonyl (C=O) groups is 1. The highest BCUT2D eigenvalue weighted by molar-refractivity contribution is 6.74. The van der Waals surface area contributed by atoms with Crippen molar-refractivity contribution < 1.29 is 14.0 Å². The van der Waals surface area contributed by atoms with Crippen molar-refractivity contribution >= 4 is 14.6 Å². The Morgan fingerprint density at radius 2 is 2.04 bits per heavy atom. The van der Waals surface area contributed by atoms with Crippen LogP contribution in [-0.2, 0) is 14.0 Å². The minimum atomic E-state index is -1.96. The van der Waals surface area contributed by atoms with Crippen molar-refractivity contribution in [2.75, 3.05) is 6.61 Å². The van der Waals surface area contributed by atoms with Gasteiger partial charge >= 0.3 is 5.69 Å². The van der Waals surface area contributed by atoms with Crippen LogP contribution in [0, 0.1) is 12.8 Å². The molecule has 0 unspecified atom stereocenters. The van der Waals surface area contributed by atoms with E-state index < -0.39 is 31.9 Å². The van der Waals surface area contributed by atoms with Crippen LogP contribution < -0.4 is 11.2 Å². The molecule has 25 heavy (non-hydrogen) atoms. The Labute approximate surface area is 148 Å². The summed E-state index contributed by atoms with van der Waals surface area (Å²) in [5.41, 5.74) is -0.521. The van der Waals surface area contributed by atoms with Gasteiger partial charge in [-0.2, -0.15) is 0 Å². The fourth-order valence-electron chi connectivity index (χ4n) is 2.54. The molecule has 2 heterocycles. The summed E-state index contributed by atoms with van der Waals surface area (Å²) in [6.45, 7) is 12.7. The predicted octanol–water partition coefficient (Wildman–Crippen LogP) is 1.97. The Kier molecular flexibility index (Phi) is 5.55. The molecule has 2 rings (SSSR count). The molecule has 0 saturated carbocycles. The Morgan fingerprint density at radius 1 is 1.40 bits per heavy atom. The molecule has 140 valence electrons. The van der Waals surface area contributed by atoms with E-state index in [1.54, 1.807) is 6.92 Å². The first-order valence-electron chi connectivity index (χ1n) is 8.53. The van der Waals surface area contributed by atoms with Gasteiger partial charge in [-0.05, 0) is 25.1 Å². The summed E-state index contributed by atoms with van der Waals surface area (Å²) in [4.78, 5) is 37.3. The molecule has 0 aromatic carbocycles. The number of aromatic nitrogens is 2.